The number of allylic oxidation sites excluding steroid dienone is 12. The Morgan fingerprint density at radius 1 is 0.296 bits per heavy atom. The zero-order valence-electron chi connectivity index (χ0n) is 47.0. The summed E-state index contributed by atoms with van der Waals surface area (Å²) in [4.78, 5) is 38.1. The first-order chi connectivity index (χ1) is 35.0. The van der Waals surface area contributed by atoms with Crippen molar-refractivity contribution in [3.05, 3.63) is 72.9 Å². The van der Waals surface area contributed by atoms with Crippen LogP contribution >= 0.6 is 0 Å². The van der Waals surface area contributed by atoms with E-state index in [9.17, 15) is 14.4 Å². The molecule has 0 aromatic carbocycles. The molecule has 6 heteroatoms. The molecule has 71 heavy (non-hydrogen) atoms. The fourth-order valence-corrected chi connectivity index (χ4v) is 8.64. The Labute approximate surface area is 440 Å². The molecule has 0 saturated heterocycles. The van der Waals surface area contributed by atoms with Crippen LogP contribution in [0.2, 0.25) is 0 Å². The van der Waals surface area contributed by atoms with Crippen LogP contribution in [-0.2, 0) is 28.6 Å². The average Bonchev–Trinajstić information content (AvgIpc) is 3.37. The summed E-state index contributed by atoms with van der Waals surface area (Å²) in [5.74, 6) is -0.875. The molecular formula is C65H114O6. The summed E-state index contributed by atoms with van der Waals surface area (Å²) in [5.41, 5.74) is 0. The van der Waals surface area contributed by atoms with Gasteiger partial charge in [-0.3, -0.25) is 14.4 Å². The molecule has 0 heterocycles. The molecule has 1 unspecified atom stereocenters. The average molecular weight is 992 g/mol. The van der Waals surface area contributed by atoms with Gasteiger partial charge in [-0.15, -0.1) is 0 Å². The van der Waals surface area contributed by atoms with Crippen molar-refractivity contribution in [1.29, 1.82) is 0 Å². The molecule has 0 aliphatic rings. The molecule has 6 nitrogen and oxygen atoms in total. The lowest BCUT2D eigenvalue weighted by atomic mass is 10.1. The molecule has 410 valence electrons. The SMILES string of the molecule is CC/C=C\C/C=C\C/C=C\C/C=C\C/C=C\CCCCCCCCCCCC(=O)OCC(COC(=O)CCCCCCCCCCC)OC(=O)CCCCCCCCCCC/C=C\CCCCCCCC. The molecule has 0 amide bonds. The molecular weight excluding hydrogens is 877 g/mol. The number of unbranched alkanes of at least 4 members (excludes halogenated alkanes) is 32. The van der Waals surface area contributed by atoms with E-state index < -0.39 is 6.10 Å². The van der Waals surface area contributed by atoms with Gasteiger partial charge in [0.2, 0.25) is 0 Å². The lowest BCUT2D eigenvalue weighted by molar-refractivity contribution is -0.167. The summed E-state index contributed by atoms with van der Waals surface area (Å²) in [5, 5.41) is 0. The molecule has 0 fully saturated rings. The largest absolute Gasteiger partial charge is 0.462 e. The van der Waals surface area contributed by atoms with E-state index in [0.717, 1.165) is 96.3 Å². The summed E-state index contributed by atoms with van der Waals surface area (Å²) >= 11 is 0. The lowest BCUT2D eigenvalue weighted by Crippen LogP contribution is -2.30. The summed E-state index contributed by atoms with van der Waals surface area (Å²) in [6.45, 7) is 6.52. The van der Waals surface area contributed by atoms with Crippen LogP contribution in [0.15, 0.2) is 72.9 Å². The van der Waals surface area contributed by atoms with Gasteiger partial charge in [0.1, 0.15) is 13.2 Å². The highest BCUT2D eigenvalue weighted by molar-refractivity contribution is 5.71. The Morgan fingerprint density at radius 3 is 0.873 bits per heavy atom. The van der Waals surface area contributed by atoms with Gasteiger partial charge in [-0.05, 0) is 89.9 Å². The van der Waals surface area contributed by atoms with Gasteiger partial charge < -0.3 is 14.2 Å². The maximum atomic E-state index is 12.9. The first-order valence-corrected chi connectivity index (χ1v) is 30.4. The van der Waals surface area contributed by atoms with Crippen LogP contribution in [0.1, 0.15) is 303 Å². The Hall–Kier alpha value is -3.15. The third-order valence-corrected chi connectivity index (χ3v) is 13.2. The topological polar surface area (TPSA) is 78.9 Å². The van der Waals surface area contributed by atoms with E-state index in [1.165, 1.54) is 167 Å². The van der Waals surface area contributed by atoms with Gasteiger partial charge in [-0.25, -0.2) is 0 Å². The normalized spacial score (nSPS) is 12.5. The fourth-order valence-electron chi connectivity index (χ4n) is 8.64. The monoisotopic (exact) mass is 991 g/mol. The number of esters is 3. The third-order valence-electron chi connectivity index (χ3n) is 13.2. The molecule has 0 aliphatic carbocycles. The second kappa shape index (κ2) is 59.4. The Kier molecular flexibility index (Phi) is 56.8. The van der Waals surface area contributed by atoms with E-state index in [-0.39, 0.29) is 31.1 Å². The van der Waals surface area contributed by atoms with Crippen molar-refractivity contribution >= 4 is 17.9 Å². The fraction of sp³-hybridized carbons (Fsp3) is 0.769. The zero-order valence-corrected chi connectivity index (χ0v) is 47.0. The molecule has 0 rings (SSSR count). The van der Waals surface area contributed by atoms with Crippen LogP contribution in [-0.4, -0.2) is 37.2 Å². The molecule has 0 spiro atoms. The van der Waals surface area contributed by atoms with Gasteiger partial charge in [0.05, 0.1) is 0 Å². The first-order valence-electron chi connectivity index (χ1n) is 30.4. The molecule has 0 aliphatic heterocycles. The van der Waals surface area contributed by atoms with Crippen molar-refractivity contribution in [2.45, 2.75) is 309 Å². The van der Waals surface area contributed by atoms with Crippen LogP contribution in [0.25, 0.3) is 0 Å². The molecule has 0 bridgehead atoms. The zero-order chi connectivity index (χ0) is 51.4. The van der Waals surface area contributed by atoms with E-state index in [1.54, 1.807) is 0 Å². The quantitative estimate of drug-likeness (QED) is 0.0261. The number of carbonyl (C=O) groups excluding carboxylic acids is 3. The number of ether oxygens (including phenoxy) is 3. The van der Waals surface area contributed by atoms with Crippen molar-refractivity contribution in [3.63, 3.8) is 0 Å². The molecule has 0 N–H and O–H groups in total. The minimum absolute atomic E-state index is 0.0753. The number of carbonyl (C=O) groups is 3. The van der Waals surface area contributed by atoms with E-state index >= 15 is 0 Å². The third kappa shape index (κ3) is 57.6. The van der Waals surface area contributed by atoms with Crippen LogP contribution in [0.4, 0.5) is 0 Å². The minimum Gasteiger partial charge on any atom is -0.462 e. The van der Waals surface area contributed by atoms with Crippen LogP contribution in [0, 0.1) is 0 Å². The van der Waals surface area contributed by atoms with Gasteiger partial charge in [0.15, 0.2) is 6.10 Å². The van der Waals surface area contributed by atoms with E-state index in [2.05, 4.69) is 93.7 Å². The standard InChI is InChI=1S/C65H114O6/c1-4-7-10-13-16-19-21-23-25-27-29-30-31-32-33-34-36-37-39-41-43-46-49-52-55-58-64(67)70-61-62(60-69-63(66)57-54-51-48-45-18-15-12-9-6-3)71-65(68)59-56-53-50-47-44-42-40-38-35-28-26-24-22-20-17-14-11-8-5-2/h7,10,16,19,23-26,29-30,32-33,62H,4-6,8-9,11-15,17-18,20-22,27-28,31,34-61H2,1-3H3/b10-7-,19-16-,25-23-,26-24-,30-29-,33-32-. The summed E-state index contributed by atoms with van der Waals surface area (Å²) in [7, 11) is 0. The van der Waals surface area contributed by atoms with Crippen molar-refractivity contribution in [1.82, 2.24) is 0 Å². The second-order valence-electron chi connectivity index (χ2n) is 20.2. The number of hydrogen-bond donors (Lipinski definition) is 0. The number of hydrogen-bond acceptors (Lipinski definition) is 6. The Bertz CT molecular complexity index is 1320. The molecule has 1 atom stereocenters. The van der Waals surface area contributed by atoms with Gasteiger partial charge in [-0.2, -0.15) is 0 Å². The predicted molar refractivity (Wildman–Crippen MR) is 307 cm³/mol. The smallest absolute Gasteiger partial charge is 0.306 e. The molecule has 0 saturated carbocycles. The Morgan fingerprint density at radius 2 is 0.549 bits per heavy atom. The minimum atomic E-state index is -0.776. The number of rotatable bonds is 55. The Balaban J connectivity index is 4.24. The molecule has 0 aromatic heterocycles. The van der Waals surface area contributed by atoms with E-state index in [4.69, 9.17) is 14.2 Å². The van der Waals surface area contributed by atoms with Gasteiger partial charge in [-0.1, -0.05) is 267 Å². The second-order valence-corrected chi connectivity index (χ2v) is 20.2. The van der Waals surface area contributed by atoms with Crippen molar-refractivity contribution in [3.8, 4) is 0 Å². The summed E-state index contributed by atoms with van der Waals surface area (Å²) in [6.07, 6.45) is 76.2. The van der Waals surface area contributed by atoms with Crippen molar-refractivity contribution in [2.75, 3.05) is 13.2 Å². The van der Waals surface area contributed by atoms with Gasteiger partial charge in [0.25, 0.3) is 0 Å². The van der Waals surface area contributed by atoms with Crippen LogP contribution < -0.4 is 0 Å². The molecule has 0 radical (unpaired) electrons. The van der Waals surface area contributed by atoms with Crippen molar-refractivity contribution in [2.24, 2.45) is 0 Å². The summed E-state index contributed by atoms with van der Waals surface area (Å²) in [6, 6.07) is 0. The van der Waals surface area contributed by atoms with Gasteiger partial charge in [0, 0.05) is 19.3 Å². The van der Waals surface area contributed by atoms with Crippen LogP contribution in [0.3, 0.4) is 0 Å². The van der Waals surface area contributed by atoms with Crippen molar-refractivity contribution < 1.29 is 28.6 Å². The van der Waals surface area contributed by atoms with Gasteiger partial charge >= 0.3 is 17.9 Å². The van der Waals surface area contributed by atoms with E-state index in [1.807, 2.05) is 0 Å². The maximum absolute atomic E-state index is 12.9. The molecule has 0 aromatic rings. The highest BCUT2D eigenvalue weighted by Gasteiger charge is 2.19. The highest BCUT2D eigenvalue weighted by Crippen LogP contribution is 2.16. The first kappa shape index (κ1) is 67.8. The van der Waals surface area contributed by atoms with Crippen LogP contribution in [0.5, 0.6) is 0 Å². The summed E-state index contributed by atoms with van der Waals surface area (Å²) < 4.78 is 16.9. The highest BCUT2D eigenvalue weighted by atomic mass is 16.6. The van der Waals surface area contributed by atoms with E-state index in [0.29, 0.717) is 19.3 Å². The maximum Gasteiger partial charge on any atom is 0.306 e. The lowest BCUT2D eigenvalue weighted by Gasteiger charge is -2.18. The predicted octanol–water partition coefficient (Wildman–Crippen LogP) is 20.5.